The molecule has 0 radical (unpaired) electrons. The quantitative estimate of drug-likeness (QED) is 0.650. The molecule has 1 aromatic carbocycles. The lowest BCUT2D eigenvalue weighted by atomic mass is 10.2. The first-order chi connectivity index (χ1) is 11.2. The monoisotopic (exact) mass is 312 g/mol. The highest BCUT2D eigenvalue weighted by Gasteiger charge is 2.17. The third-order valence-corrected chi connectivity index (χ3v) is 3.59. The number of aldehydes is 1. The van der Waals surface area contributed by atoms with E-state index in [1.807, 2.05) is 44.2 Å². The molecule has 0 amide bonds. The van der Waals surface area contributed by atoms with Crippen LogP contribution in [0.25, 0.3) is 0 Å². The molecule has 0 atom stereocenters. The molecule has 7 heteroatoms. The maximum atomic E-state index is 11.2. The number of nitrogens with zero attached hydrogens (tertiary/aromatic N) is 4. The van der Waals surface area contributed by atoms with Crippen LogP contribution in [0.15, 0.2) is 34.9 Å². The molecule has 118 valence electrons. The number of hydrogen-bond acceptors (Lipinski definition) is 6. The number of para-hydroxylation sites is 1. The van der Waals surface area contributed by atoms with Crippen LogP contribution in [0.4, 0.5) is 0 Å². The van der Waals surface area contributed by atoms with Gasteiger partial charge in [-0.3, -0.25) is 4.79 Å². The summed E-state index contributed by atoms with van der Waals surface area (Å²) in [5, 5.41) is 11.9. The molecule has 0 aliphatic heterocycles. The summed E-state index contributed by atoms with van der Waals surface area (Å²) < 4.78 is 12.5. The Morgan fingerprint density at radius 2 is 2.04 bits per heavy atom. The van der Waals surface area contributed by atoms with Crippen molar-refractivity contribution in [2.45, 2.75) is 27.0 Å². The fraction of sp³-hybridized carbons (Fsp3) is 0.250. The molecule has 3 aromatic rings. The zero-order valence-electron chi connectivity index (χ0n) is 12.9. The van der Waals surface area contributed by atoms with E-state index in [9.17, 15) is 4.79 Å². The van der Waals surface area contributed by atoms with Crippen LogP contribution in [-0.4, -0.2) is 26.4 Å². The molecular weight excluding hydrogens is 296 g/mol. The van der Waals surface area contributed by atoms with Gasteiger partial charge >= 0.3 is 0 Å². The van der Waals surface area contributed by atoms with E-state index >= 15 is 0 Å². The molecule has 0 unspecified atom stereocenters. The molecule has 0 fully saturated rings. The highest BCUT2D eigenvalue weighted by molar-refractivity contribution is 5.73. The third-order valence-electron chi connectivity index (χ3n) is 3.59. The molecule has 0 aliphatic carbocycles. The minimum atomic E-state index is 0.203. The molecular formula is C16H16N4O3. The first-order valence-corrected chi connectivity index (χ1v) is 7.16. The van der Waals surface area contributed by atoms with Crippen LogP contribution < -0.4 is 4.74 Å². The molecule has 2 heterocycles. The predicted molar refractivity (Wildman–Crippen MR) is 81.3 cm³/mol. The van der Waals surface area contributed by atoms with E-state index in [-0.39, 0.29) is 12.3 Å². The highest BCUT2D eigenvalue weighted by atomic mass is 16.5. The summed E-state index contributed by atoms with van der Waals surface area (Å²) in [5.41, 5.74) is 2.60. The van der Waals surface area contributed by atoms with Gasteiger partial charge in [0.25, 0.3) is 0 Å². The van der Waals surface area contributed by atoms with E-state index in [0.29, 0.717) is 18.5 Å². The number of carbonyl (C=O) groups is 1. The van der Waals surface area contributed by atoms with Gasteiger partial charge in [-0.2, -0.15) is 0 Å². The van der Waals surface area contributed by atoms with E-state index in [0.717, 1.165) is 22.8 Å². The number of hydrogen-bond donors (Lipinski definition) is 0. The molecule has 2 aromatic heterocycles. The minimum absolute atomic E-state index is 0.203. The van der Waals surface area contributed by atoms with Crippen molar-refractivity contribution in [3.05, 3.63) is 58.7 Å². The lowest BCUT2D eigenvalue weighted by Gasteiger charge is -2.09. The van der Waals surface area contributed by atoms with E-state index in [1.54, 1.807) is 4.68 Å². The topological polar surface area (TPSA) is 83.0 Å². The number of benzene rings is 1. The molecule has 0 saturated carbocycles. The summed E-state index contributed by atoms with van der Waals surface area (Å²) in [6.45, 7) is 4.33. The Bertz CT molecular complexity index is 789. The fourth-order valence-electron chi connectivity index (χ4n) is 2.26. The number of aromatic nitrogens is 4. The zero-order chi connectivity index (χ0) is 16.2. The van der Waals surface area contributed by atoms with Crippen LogP contribution in [0.5, 0.6) is 5.75 Å². The summed E-state index contributed by atoms with van der Waals surface area (Å²) in [7, 11) is 0. The van der Waals surface area contributed by atoms with Gasteiger partial charge in [0.05, 0.1) is 12.2 Å². The van der Waals surface area contributed by atoms with Crippen LogP contribution in [0.1, 0.15) is 33.2 Å². The number of ether oxygens (including phenoxy) is 1. The fourth-order valence-corrected chi connectivity index (χ4v) is 2.26. The van der Waals surface area contributed by atoms with Gasteiger partial charge in [-0.25, -0.2) is 4.68 Å². The first kappa shape index (κ1) is 15.0. The van der Waals surface area contributed by atoms with E-state index < -0.39 is 0 Å². The Hall–Kier alpha value is -2.96. The van der Waals surface area contributed by atoms with E-state index in [2.05, 4.69) is 15.5 Å². The summed E-state index contributed by atoms with van der Waals surface area (Å²) in [6, 6.07) is 9.38. The third kappa shape index (κ3) is 3.13. The van der Waals surface area contributed by atoms with Crippen molar-refractivity contribution >= 4 is 6.29 Å². The van der Waals surface area contributed by atoms with Crippen LogP contribution in [0, 0.1) is 13.8 Å². The summed E-state index contributed by atoms with van der Waals surface area (Å²) in [4.78, 5) is 11.2. The van der Waals surface area contributed by atoms with Crippen molar-refractivity contribution < 1.29 is 14.1 Å². The van der Waals surface area contributed by atoms with Crippen molar-refractivity contribution in [1.82, 2.24) is 20.2 Å². The Morgan fingerprint density at radius 3 is 2.70 bits per heavy atom. The Labute approximate surface area is 132 Å². The molecule has 23 heavy (non-hydrogen) atoms. The second-order valence-corrected chi connectivity index (χ2v) is 5.10. The van der Waals surface area contributed by atoms with E-state index in [1.165, 1.54) is 0 Å². The summed E-state index contributed by atoms with van der Waals surface area (Å²) in [5.74, 6) is 1.44. The average Bonchev–Trinajstić information content (AvgIpc) is 3.11. The Morgan fingerprint density at radius 1 is 1.26 bits per heavy atom. The van der Waals surface area contributed by atoms with Crippen LogP contribution in [0.3, 0.4) is 0 Å². The second-order valence-electron chi connectivity index (χ2n) is 5.10. The van der Waals surface area contributed by atoms with Crippen molar-refractivity contribution in [2.24, 2.45) is 0 Å². The number of rotatable bonds is 6. The van der Waals surface area contributed by atoms with Gasteiger partial charge in [-0.1, -0.05) is 28.6 Å². The van der Waals surface area contributed by atoms with E-state index in [4.69, 9.17) is 9.26 Å². The zero-order valence-corrected chi connectivity index (χ0v) is 12.9. The van der Waals surface area contributed by atoms with Gasteiger partial charge in [-0.15, -0.1) is 5.10 Å². The molecule has 0 saturated heterocycles. The van der Waals surface area contributed by atoms with Gasteiger partial charge in [0, 0.05) is 5.56 Å². The Balaban J connectivity index is 1.84. The lowest BCUT2D eigenvalue weighted by Crippen LogP contribution is -2.11. The normalized spacial score (nSPS) is 10.7. The second kappa shape index (κ2) is 6.43. The molecule has 0 bridgehead atoms. The molecule has 0 N–H and O–H groups in total. The van der Waals surface area contributed by atoms with Crippen LogP contribution >= 0.6 is 0 Å². The van der Waals surface area contributed by atoms with Gasteiger partial charge < -0.3 is 9.26 Å². The summed E-state index contributed by atoms with van der Waals surface area (Å²) in [6.07, 6.45) is 0.681. The van der Waals surface area contributed by atoms with Crippen LogP contribution in [-0.2, 0) is 13.2 Å². The first-order valence-electron chi connectivity index (χ1n) is 7.16. The maximum absolute atomic E-state index is 11.2. The van der Waals surface area contributed by atoms with Crippen molar-refractivity contribution in [3.8, 4) is 5.75 Å². The largest absolute Gasteiger partial charge is 0.487 e. The van der Waals surface area contributed by atoms with Gasteiger partial charge in [0.15, 0.2) is 12.0 Å². The number of carbonyl (C=O) groups excluding carboxylic acids is 1. The van der Waals surface area contributed by atoms with Gasteiger partial charge in [-0.05, 0) is 26.0 Å². The molecule has 7 nitrogen and oxygen atoms in total. The minimum Gasteiger partial charge on any atom is -0.487 e. The highest BCUT2D eigenvalue weighted by Crippen LogP contribution is 2.17. The lowest BCUT2D eigenvalue weighted by molar-refractivity contribution is 0.111. The standard InChI is InChI=1S/C16H16N4O3/c1-11-14(12(2)23-18-11)8-20-16(15(9-21)17-19-20)10-22-13-6-4-3-5-7-13/h3-7,9H,8,10H2,1-2H3. The molecule has 0 aliphatic rings. The SMILES string of the molecule is Cc1noc(C)c1Cn1nnc(C=O)c1COc1ccccc1. The summed E-state index contributed by atoms with van der Waals surface area (Å²) >= 11 is 0. The predicted octanol–water partition coefficient (Wildman–Crippen LogP) is 2.32. The average molecular weight is 312 g/mol. The van der Waals surface area contributed by atoms with Crippen LogP contribution in [0.2, 0.25) is 0 Å². The maximum Gasteiger partial charge on any atom is 0.172 e. The number of aryl methyl sites for hydroxylation is 2. The Kier molecular flexibility index (Phi) is 4.18. The molecule has 0 spiro atoms. The van der Waals surface area contributed by atoms with Gasteiger partial charge in [0.2, 0.25) is 0 Å². The molecule has 3 rings (SSSR count). The smallest absolute Gasteiger partial charge is 0.172 e. The van der Waals surface area contributed by atoms with Crippen molar-refractivity contribution in [1.29, 1.82) is 0 Å². The van der Waals surface area contributed by atoms with Gasteiger partial charge in [0.1, 0.15) is 23.8 Å². The van der Waals surface area contributed by atoms with Crippen molar-refractivity contribution in [2.75, 3.05) is 0 Å². The van der Waals surface area contributed by atoms with Crippen molar-refractivity contribution in [3.63, 3.8) is 0 Å².